The van der Waals surface area contributed by atoms with Gasteiger partial charge in [0.2, 0.25) is 9.05 Å². The third-order valence-corrected chi connectivity index (χ3v) is 5.35. The van der Waals surface area contributed by atoms with Gasteiger partial charge in [0.05, 0.1) is 17.3 Å². The topological polar surface area (TPSA) is 68.3 Å². The minimum absolute atomic E-state index is 0.119. The SMILES string of the molecule is O=S(=O)(Cl)C/C=C\CC1CCCS(=O)(=O)C1. The van der Waals surface area contributed by atoms with Crippen LogP contribution < -0.4 is 0 Å². The molecule has 0 spiro atoms. The summed E-state index contributed by atoms with van der Waals surface area (Å²) in [7, 11) is -1.33. The Bertz CT molecular complexity index is 450. The van der Waals surface area contributed by atoms with Crippen molar-refractivity contribution in [2.24, 2.45) is 5.92 Å². The third-order valence-electron chi connectivity index (χ3n) is 2.49. The Balaban J connectivity index is 2.39. The van der Waals surface area contributed by atoms with Gasteiger partial charge in [-0.2, -0.15) is 0 Å². The zero-order chi connectivity index (χ0) is 12.2. The van der Waals surface area contributed by atoms with E-state index in [9.17, 15) is 16.8 Å². The molecule has 0 aromatic rings. The normalized spacial score (nSPS) is 25.9. The van der Waals surface area contributed by atoms with E-state index >= 15 is 0 Å². The van der Waals surface area contributed by atoms with Crippen molar-refractivity contribution < 1.29 is 16.8 Å². The molecule has 0 aromatic heterocycles. The Labute approximate surface area is 101 Å². The fourth-order valence-electron chi connectivity index (χ4n) is 1.78. The lowest BCUT2D eigenvalue weighted by Crippen LogP contribution is -2.24. The summed E-state index contributed by atoms with van der Waals surface area (Å²) >= 11 is 0. The van der Waals surface area contributed by atoms with E-state index in [-0.39, 0.29) is 23.2 Å². The Morgan fingerprint density at radius 2 is 2.00 bits per heavy atom. The van der Waals surface area contributed by atoms with Crippen LogP contribution >= 0.6 is 10.7 Å². The fourth-order valence-corrected chi connectivity index (χ4v) is 4.15. The summed E-state index contributed by atoms with van der Waals surface area (Å²) in [4.78, 5) is 0. The summed E-state index contributed by atoms with van der Waals surface area (Å²) in [5.41, 5.74) is 0. The van der Waals surface area contributed by atoms with Gasteiger partial charge in [0.1, 0.15) is 0 Å². The average molecular weight is 287 g/mol. The summed E-state index contributed by atoms with van der Waals surface area (Å²) < 4.78 is 43.8. The highest BCUT2D eigenvalue weighted by molar-refractivity contribution is 8.13. The van der Waals surface area contributed by atoms with Gasteiger partial charge in [0.15, 0.2) is 9.84 Å². The molecule has 0 saturated carbocycles. The second kappa shape index (κ2) is 5.51. The highest BCUT2D eigenvalue weighted by Crippen LogP contribution is 2.21. The lowest BCUT2D eigenvalue weighted by atomic mass is 10.0. The van der Waals surface area contributed by atoms with Gasteiger partial charge in [0.25, 0.3) is 0 Å². The van der Waals surface area contributed by atoms with Crippen LogP contribution in [0.1, 0.15) is 19.3 Å². The quantitative estimate of drug-likeness (QED) is 0.577. The second-order valence-electron chi connectivity index (χ2n) is 4.04. The predicted octanol–water partition coefficient (Wildman–Crippen LogP) is 1.33. The Morgan fingerprint density at radius 1 is 1.31 bits per heavy atom. The number of allylic oxidation sites excluding steroid dienone is 1. The Morgan fingerprint density at radius 3 is 2.56 bits per heavy atom. The minimum Gasteiger partial charge on any atom is -0.229 e. The molecule has 0 bridgehead atoms. The van der Waals surface area contributed by atoms with E-state index in [2.05, 4.69) is 0 Å². The molecule has 1 aliphatic rings. The van der Waals surface area contributed by atoms with E-state index in [4.69, 9.17) is 10.7 Å². The molecular weight excluding hydrogens is 272 g/mol. The predicted molar refractivity (Wildman–Crippen MR) is 64.8 cm³/mol. The van der Waals surface area contributed by atoms with Crippen molar-refractivity contribution in [2.45, 2.75) is 19.3 Å². The molecule has 1 heterocycles. The van der Waals surface area contributed by atoms with E-state index < -0.39 is 18.9 Å². The molecule has 1 rings (SSSR count). The zero-order valence-corrected chi connectivity index (χ0v) is 11.2. The summed E-state index contributed by atoms with van der Waals surface area (Å²) in [5, 5.41) is 0. The van der Waals surface area contributed by atoms with Gasteiger partial charge in [-0.25, -0.2) is 16.8 Å². The molecule has 1 atom stereocenters. The van der Waals surface area contributed by atoms with Crippen molar-refractivity contribution in [3.63, 3.8) is 0 Å². The van der Waals surface area contributed by atoms with E-state index in [0.717, 1.165) is 6.42 Å². The first-order valence-corrected chi connectivity index (χ1v) is 9.36. The first-order chi connectivity index (χ1) is 7.29. The van der Waals surface area contributed by atoms with Crippen molar-refractivity contribution in [1.82, 2.24) is 0 Å². The lowest BCUT2D eigenvalue weighted by Gasteiger charge is -2.20. The highest BCUT2D eigenvalue weighted by atomic mass is 35.7. The Hall–Kier alpha value is -0.0700. The fraction of sp³-hybridized carbons (Fsp3) is 0.778. The summed E-state index contributed by atoms with van der Waals surface area (Å²) in [6, 6.07) is 0. The van der Waals surface area contributed by atoms with Gasteiger partial charge in [-0.05, 0) is 25.2 Å². The number of sulfone groups is 1. The first-order valence-electron chi connectivity index (χ1n) is 5.06. The molecular formula is C9H15ClO4S2. The summed E-state index contributed by atoms with van der Waals surface area (Å²) in [6.45, 7) is 0. The highest BCUT2D eigenvalue weighted by Gasteiger charge is 2.23. The smallest absolute Gasteiger partial charge is 0.229 e. The van der Waals surface area contributed by atoms with Crippen LogP contribution in [0.25, 0.3) is 0 Å². The molecule has 0 aliphatic carbocycles. The van der Waals surface area contributed by atoms with Crippen molar-refractivity contribution in [2.75, 3.05) is 17.3 Å². The average Bonchev–Trinajstić information content (AvgIpc) is 2.09. The number of hydrogen-bond acceptors (Lipinski definition) is 4. The van der Waals surface area contributed by atoms with Crippen LogP contribution in [-0.2, 0) is 18.9 Å². The van der Waals surface area contributed by atoms with Crippen molar-refractivity contribution >= 4 is 29.6 Å². The summed E-state index contributed by atoms with van der Waals surface area (Å²) in [5.74, 6) is 0.412. The van der Waals surface area contributed by atoms with Crippen LogP contribution in [-0.4, -0.2) is 34.1 Å². The molecule has 7 heteroatoms. The maximum atomic E-state index is 11.3. The molecule has 0 radical (unpaired) electrons. The first kappa shape index (κ1) is 14.0. The second-order valence-corrected chi connectivity index (χ2v) is 9.09. The molecule has 16 heavy (non-hydrogen) atoms. The van der Waals surface area contributed by atoms with Crippen LogP contribution in [0.2, 0.25) is 0 Å². The lowest BCUT2D eigenvalue weighted by molar-refractivity contribution is 0.489. The van der Waals surface area contributed by atoms with Gasteiger partial charge in [-0.15, -0.1) is 0 Å². The largest absolute Gasteiger partial charge is 0.236 e. The van der Waals surface area contributed by atoms with Crippen LogP contribution in [0.4, 0.5) is 0 Å². The van der Waals surface area contributed by atoms with Crippen LogP contribution in [0.15, 0.2) is 12.2 Å². The van der Waals surface area contributed by atoms with E-state index in [1.807, 2.05) is 0 Å². The van der Waals surface area contributed by atoms with Crippen molar-refractivity contribution in [3.8, 4) is 0 Å². The number of halogens is 1. The standard InChI is InChI=1S/C9H15ClO4S2/c10-16(13,14)7-2-1-4-9-5-3-6-15(11,12)8-9/h1-2,9H,3-8H2/b2-1-. The van der Waals surface area contributed by atoms with Gasteiger partial charge in [-0.3, -0.25) is 0 Å². The maximum Gasteiger partial charge on any atom is 0.236 e. The third kappa shape index (κ3) is 5.86. The maximum absolute atomic E-state index is 11.3. The molecule has 1 saturated heterocycles. The molecule has 1 unspecified atom stereocenters. The minimum atomic E-state index is -3.48. The van der Waals surface area contributed by atoms with Gasteiger partial charge in [0, 0.05) is 10.7 Å². The molecule has 94 valence electrons. The van der Waals surface area contributed by atoms with E-state index in [0.29, 0.717) is 12.8 Å². The number of hydrogen-bond donors (Lipinski definition) is 0. The van der Waals surface area contributed by atoms with Crippen LogP contribution in [0, 0.1) is 5.92 Å². The van der Waals surface area contributed by atoms with E-state index in [1.54, 1.807) is 6.08 Å². The summed E-state index contributed by atoms with van der Waals surface area (Å²) in [6.07, 6.45) is 5.37. The van der Waals surface area contributed by atoms with Crippen LogP contribution in [0.5, 0.6) is 0 Å². The van der Waals surface area contributed by atoms with Gasteiger partial charge >= 0.3 is 0 Å². The molecule has 0 N–H and O–H groups in total. The molecule has 4 nitrogen and oxygen atoms in total. The number of rotatable bonds is 4. The van der Waals surface area contributed by atoms with Crippen LogP contribution in [0.3, 0.4) is 0 Å². The monoisotopic (exact) mass is 286 g/mol. The zero-order valence-electron chi connectivity index (χ0n) is 8.80. The molecule has 0 aromatic carbocycles. The van der Waals surface area contributed by atoms with Crippen molar-refractivity contribution in [1.29, 1.82) is 0 Å². The molecule has 1 aliphatic heterocycles. The molecule has 1 fully saturated rings. The van der Waals surface area contributed by atoms with Gasteiger partial charge < -0.3 is 0 Å². The van der Waals surface area contributed by atoms with Crippen molar-refractivity contribution in [3.05, 3.63) is 12.2 Å². The molecule has 0 amide bonds. The Kier molecular flexibility index (Phi) is 4.82. The van der Waals surface area contributed by atoms with Gasteiger partial charge in [-0.1, -0.05) is 12.2 Å². The van der Waals surface area contributed by atoms with E-state index in [1.165, 1.54) is 6.08 Å².